The van der Waals surface area contributed by atoms with Crippen LogP contribution in [0, 0.1) is 55.1 Å². The zero-order valence-electron chi connectivity index (χ0n) is 128. The van der Waals surface area contributed by atoms with Crippen molar-refractivity contribution in [3.05, 3.63) is 331 Å². The third kappa shape index (κ3) is 13.4. The van der Waals surface area contributed by atoms with Crippen LogP contribution >= 0.6 is 0 Å². The van der Waals surface area contributed by atoms with E-state index in [4.69, 9.17) is 88.9 Å². The van der Waals surface area contributed by atoms with Crippen molar-refractivity contribution in [2.45, 2.75) is 210 Å². The highest BCUT2D eigenvalue weighted by Crippen LogP contribution is 2.58. The number of hydrogen-bond donors (Lipinski definition) is 0. The molecule has 0 spiro atoms. The van der Waals surface area contributed by atoms with E-state index in [-0.39, 0.29) is 117 Å². The molecule has 0 N–H and O–H groups in total. The summed E-state index contributed by atoms with van der Waals surface area (Å²) < 4.78 is 466. The molecule has 0 aliphatic heterocycles. The topological polar surface area (TPSA) is 120 Å². The lowest BCUT2D eigenvalue weighted by Gasteiger charge is -2.20. The standard InChI is InChI=1S/4C31H31N2O/c1-17(2)24-16-33(7)25(15-19(24)4)26-18(3)10-11-21-22-13-12-20-23-9-8-14-32-30(23)31(5,6)27(20)29(22)34-28(21)26;1-17(2)24-16-33(7)26(13-19(24)4)28-18(3)10-11-20-23-14-25-22(15-27(23)34-29(20)28)21-9-8-12-32-30(21)31(25,5)6;1-17(2)23-16-33(7)25(14-19(23)4)26-18(3)12-13-20-22-15-32-30-27(29(22)34-28(20)26)21-10-8-9-11-24(21)31(30,5)6;1-17(2)22-16-33(7)25(14-19(22)4)26-18(3)12-13-21-28-30(34-29(21)26)27-20-10-8-9-11-23(20)31(5,6)24(27)15-32-28/h4*8-17H,1-7H3/q4*+1/i4*1D3,4D3,5D3,6D3,17D. The van der Waals surface area contributed by atoms with Gasteiger partial charge < -0.3 is 17.7 Å². The third-order valence-electron chi connectivity index (χ3n) is 27.1. The largest absolute Gasteiger partial charge is 0.455 e. The van der Waals surface area contributed by atoms with Crippen LogP contribution in [0.15, 0.2) is 237 Å². The summed E-state index contributed by atoms with van der Waals surface area (Å²) in [4.78, 5) is 17.7. The molecule has 0 radical (unpaired) electrons. The van der Waals surface area contributed by atoms with Crippen LogP contribution in [0.25, 0.3) is 177 Å². The maximum atomic E-state index is 8.68. The Morgan fingerprint density at radius 2 is 0.684 bits per heavy atom. The Morgan fingerprint density at radius 3 is 1.18 bits per heavy atom. The van der Waals surface area contributed by atoms with E-state index in [0.29, 0.717) is 172 Å². The Hall–Kier alpha value is -13.8. The summed E-state index contributed by atoms with van der Waals surface area (Å²) in [5.74, 6) is -8.93. The second-order valence-corrected chi connectivity index (χ2v) is 35.9. The molecule has 4 unspecified atom stereocenters. The van der Waals surface area contributed by atoms with Gasteiger partial charge in [-0.05, 0) is 218 Å². The number of aromatic nitrogens is 8. The van der Waals surface area contributed by atoms with Gasteiger partial charge in [0.1, 0.15) is 67.2 Å². The van der Waals surface area contributed by atoms with Gasteiger partial charge in [0.2, 0.25) is 22.8 Å². The maximum Gasteiger partial charge on any atom is 0.216 e. The Kier molecular flexibility index (Phi) is 11.2. The molecule has 4 aliphatic rings. The molecule has 136 heavy (non-hydrogen) atoms. The van der Waals surface area contributed by atoms with E-state index in [0.717, 1.165) is 13.8 Å². The molecule has 12 heterocycles. The number of rotatable bonds is 8. The fourth-order valence-corrected chi connectivity index (χ4v) is 20.4. The Labute approximate surface area is 871 Å². The van der Waals surface area contributed by atoms with Gasteiger partial charge in [0.15, 0.2) is 36.0 Å². The molecule has 0 amide bonds. The minimum atomic E-state index is -3.07. The zero-order valence-corrected chi connectivity index (χ0v) is 76.0. The molecular formula is C124H124N8O4+4. The highest BCUT2D eigenvalue weighted by atomic mass is 16.3. The van der Waals surface area contributed by atoms with Gasteiger partial charge in [0.05, 0.1) is 39.3 Å². The summed E-state index contributed by atoms with van der Waals surface area (Å²) in [6.07, 6.45) is 10.9. The second-order valence-electron chi connectivity index (χ2n) is 35.9. The molecule has 24 rings (SSSR count). The lowest BCUT2D eigenvalue weighted by atomic mass is 9.83. The van der Waals surface area contributed by atoms with Gasteiger partial charge in [-0.2, -0.15) is 0 Å². The quantitative estimate of drug-likeness (QED) is 0.138. The van der Waals surface area contributed by atoms with E-state index < -0.39 is 155 Å². The first-order valence-electron chi connectivity index (χ1n) is 69.8. The summed E-state index contributed by atoms with van der Waals surface area (Å²) in [5.41, 5.74) is -0.206. The van der Waals surface area contributed by atoms with Crippen LogP contribution in [0.3, 0.4) is 0 Å². The van der Waals surface area contributed by atoms with Crippen LogP contribution in [0.5, 0.6) is 0 Å². The summed E-state index contributed by atoms with van der Waals surface area (Å²) in [7, 11) is 6.46. The fourth-order valence-electron chi connectivity index (χ4n) is 20.4. The van der Waals surface area contributed by atoms with Crippen molar-refractivity contribution in [2.24, 2.45) is 28.2 Å². The summed E-state index contributed by atoms with van der Waals surface area (Å²) in [5, 5.41) is 3.58. The van der Waals surface area contributed by atoms with Crippen LogP contribution in [0.2, 0.25) is 0 Å². The molecule has 12 nitrogen and oxygen atoms in total. The van der Waals surface area contributed by atoms with E-state index in [2.05, 4.69) is 19.9 Å². The van der Waals surface area contributed by atoms with Crippen molar-refractivity contribution in [3.8, 4) is 89.5 Å². The van der Waals surface area contributed by atoms with Crippen LogP contribution in [0.1, 0.15) is 316 Å². The van der Waals surface area contributed by atoms with Crippen molar-refractivity contribution in [1.82, 2.24) is 19.9 Å². The molecule has 0 bridgehead atoms. The van der Waals surface area contributed by atoms with E-state index in [1.807, 2.05) is 6.07 Å². The summed E-state index contributed by atoms with van der Waals surface area (Å²) in [6, 6.07) is 45.7. The maximum absolute atomic E-state index is 8.68. The second kappa shape index (κ2) is 31.9. The average molecular weight is 1840 g/mol. The van der Waals surface area contributed by atoms with Gasteiger partial charge >= 0.3 is 0 Å². The highest BCUT2D eigenvalue weighted by molar-refractivity contribution is 6.17. The first kappa shape index (κ1) is 47.6. The molecular weight excluding hydrogens is 1670 g/mol. The van der Waals surface area contributed by atoms with Gasteiger partial charge in [0, 0.05) is 230 Å². The molecule has 0 saturated carbocycles. The van der Waals surface area contributed by atoms with Crippen LogP contribution in [0.4, 0.5) is 0 Å². The number of fused-ring (bicyclic) bond motifs is 27. The molecule has 4 aliphatic carbocycles. The van der Waals surface area contributed by atoms with Gasteiger partial charge in [-0.3, -0.25) is 19.9 Å². The van der Waals surface area contributed by atoms with E-state index in [1.54, 1.807) is 197 Å². The van der Waals surface area contributed by atoms with Crippen molar-refractivity contribution in [3.63, 3.8) is 0 Å². The van der Waals surface area contributed by atoms with E-state index >= 15 is 0 Å². The van der Waals surface area contributed by atoms with E-state index in [1.165, 1.54) is 104 Å². The zero-order chi connectivity index (χ0) is 139. The number of aryl methyl sites for hydroxylation is 12. The van der Waals surface area contributed by atoms with Crippen LogP contribution in [-0.4, -0.2) is 19.9 Å². The van der Waals surface area contributed by atoms with Crippen molar-refractivity contribution < 1.29 is 107 Å². The monoisotopic (exact) mass is 1840 g/mol. The normalized spacial score (nSPS) is 23.1. The summed E-state index contributed by atoms with van der Waals surface area (Å²) >= 11 is 0. The molecule has 12 heteroatoms. The first-order chi connectivity index (χ1) is 85.8. The lowest BCUT2D eigenvalue weighted by Crippen LogP contribution is -2.32. The fraction of sp³-hybridized carbons (Fsp3) is 0.290. The van der Waals surface area contributed by atoms with Gasteiger partial charge in [-0.15, -0.1) is 0 Å². The predicted octanol–water partition coefficient (Wildman–Crippen LogP) is 30.1. The Bertz CT molecular complexity index is 10400. The number of nitrogens with zero attached hydrogens (tertiary/aromatic N) is 8. The third-order valence-corrected chi connectivity index (χ3v) is 27.1. The molecule has 4 atom stereocenters. The predicted molar refractivity (Wildman–Crippen MR) is 557 cm³/mol. The molecule has 0 saturated heterocycles. The summed E-state index contributed by atoms with van der Waals surface area (Å²) in [6.45, 7) is -34.6. The minimum absolute atomic E-state index is 0.00233. The Morgan fingerprint density at radius 1 is 0.294 bits per heavy atom. The highest BCUT2D eigenvalue weighted by Gasteiger charge is 2.45. The molecule has 680 valence electrons. The number of pyridine rings is 8. The number of hydrogen-bond acceptors (Lipinski definition) is 8. The molecule has 0 fully saturated rings. The lowest BCUT2D eigenvalue weighted by molar-refractivity contribution is -0.661. The molecule has 8 aromatic carbocycles. The Balaban J connectivity index is 0.000000139. The first-order valence-corrected chi connectivity index (χ1v) is 43.8. The molecule has 12 aromatic heterocycles. The molecule has 20 aromatic rings. The van der Waals surface area contributed by atoms with Crippen molar-refractivity contribution >= 4 is 87.9 Å². The number of benzene rings is 8. The smallest absolute Gasteiger partial charge is 0.216 e. The van der Waals surface area contributed by atoms with Gasteiger partial charge in [-0.1, -0.05) is 205 Å². The van der Waals surface area contributed by atoms with Crippen LogP contribution < -0.4 is 18.3 Å². The SMILES string of the molecule is [2H]C([2H])([2H])c1cc(-c2c(C)ccc3c2oc2c4c(ccc23)-c2cccnc2C4(C([2H])([2H])[2H])C([2H])([2H])[2H])[n+](C)cc1C([2H])(C)C([2H])([2H])[2H].[2H]C([2H])([2H])c1cc(-c2c(C)ccc3c2oc2c4c(cnc23)C(C([2H])([2H])[2H])(C([2H])([2H])[2H])c2ccccc2-4)[n+](C)cc1C([2H])(C)C([2H])([2H])[2H].[2H]C([2H])([2H])c1cc(-c2c(C)ccc3c2oc2c4c(ncc23)C(C([2H])([2H])[2H])(C([2H])([2H])[2H])c2ccccc2-4)[n+](C)cc1C([2H])(C)C([2H])([2H])[2H].[2H]C([2H])([2H])c1cc(-c2c(C)ccc3c2oc2cc4c(cc23)C(C([2H])([2H])[2H])(C([2H])([2H])[2H])c2ncccc2-4)[n+](C)cc1C([2H])(C)C([2H])([2H])[2H]. The minimum Gasteiger partial charge on any atom is -0.455 e. The van der Waals surface area contributed by atoms with Crippen molar-refractivity contribution in [2.75, 3.05) is 0 Å². The van der Waals surface area contributed by atoms with E-state index in [9.17, 15) is 0 Å². The average Bonchev–Trinajstić information content (AvgIpc) is 1.68. The van der Waals surface area contributed by atoms with Gasteiger partial charge in [-0.25, -0.2) is 18.3 Å². The van der Waals surface area contributed by atoms with Crippen molar-refractivity contribution in [1.29, 1.82) is 0 Å². The van der Waals surface area contributed by atoms with Gasteiger partial charge in [0.25, 0.3) is 0 Å². The number of furan rings is 4. The van der Waals surface area contributed by atoms with Crippen LogP contribution in [-0.2, 0) is 49.9 Å².